The first-order chi connectivity index (χ1) is 18.5. The molecular weight excluding hydrogens is 544 g/mol. The van der Waals surface area contributed by atoms with Gasteiger partial charge in [-0.2, -0.15) is 0 Å². The summed E-state index contributed by atoms with van der Waals surface area (Å²) in [5.41, 5.74) is 4.37. The van der Waals surface area contributed by atoms with Crippen LogP contribution in [-0.2, 0) is 4.79 Å². The number of ether oxygens (including phenoxy) is 1. The van der Waals surface area contributed by atoms with Gasteiger partial charge in [-0.1, -0.05) is 46.3 Å². The molecule has 0 radical (unpaired) electrons. The number of hydrogen-bond acceptors (Lipinski definition) is 3. The predicted octanol–water partition coefficient (Wildman–Crippen LogP) is 6.38. The summed E-state index contributed by atoms with van der Waals surface area (Å²) < 4.78 is 8.38. The lowest BCUT2D eigenvalue weighted by molar-refractivity contribution is -0.119. The molecule has 3 amide bonds. The highest BCUT2D eigenvalue weighted by molar-refractivity contribution is 9.10. The third-order valence-corrected chi connectivity index (χ3v) is 7.54. The third-order valence-electron chi connectivity index (χ3n) is 7.05. The van der Waals surface area contributed by atoms with Gasteiger partial charge in [0.2, 0.25) is 5.91 Å². The minimum absolute atomic E-state index is 0.0216. The van der Waals surface area contributed by atoms with Crippen LogP contribution in [0.3, 0.4) is 0 Å². The lowest BCUT2D eigenvalue weighted by atomic mass is 9.97. The lowest BCUT2D eigenvalue weighted by Gasteiger charge is -2.39. The van der Waals surface area contributed by atoms with Gasteiger partial charge in [-0.25, -0.2) is 4.79 Å². The molecule has 1 unspecified atom stereocenters. The number of nitrogens with zero attached hydrogens (tertiary/aromatic N) is 3. The average Bonchev–Trinajstić information content (AvgIpc) is 3.65. The number of anilines is 2. The number of amides is 3. The molecular formula is C30H27BrN4O3. The van der Waals surface area contributed by atoms with Crippen LogP contribution in [0.25, 0.3) is 5.69 Å². The first-order valence-electron chi connectivity index (χ1n) is 12.6. The van der Waals surface area contributed by atoms with E-state index in [0.717, 1.165) is 45.7 Å². The number of halogens is 1. The molecule has 0 spiro atoms. The van der Waals surface area contributed by atoms with Crippen molar-refractivity contribution in [2.24, 2.45) is 0 Å². The van der Waals surface area contributed by atoms with Crippen LogP contribution >= 0.6 is 15.9 Å². The van der Waals surface area contributed by atoms with Gasteiger partial charge in [-0.05, 0) is 73.0 Å². The van der Waals surface area contributed by atoms with Crippen molar-refractivity contribution in [3.05, 3.63) is 107 Å². The molecule has 1 saturated carbocycles. The van der Waals surface area contributed by atoms with Crippen LogP contribution in [0.15, 0.2) is 95.6 Å². The van der Waals surface area contributed by atoms with Crippen molar-refractivity contribution in [1.29, 1.82) is 0 Å². The van der Waals surface area contributed by atoms with Crippen molar-refractivity contribution in [1.82, 2.24) is 9.47 Å². The van der Waals surface area contributed by atoms with Gasteiger partial charge in [0, 0.05) is 22.4 Å². The molecule has 1 N–H and O–H groups in total. The number of hydrogen-bond donors (Lipinski definition) is 1. The van der Waals surface area contributed by atoms with Gasteiger partial charge in [-0.15, -0.1) is 0 Å². The van der Waals surface area contributed by atoms with Gasteiger partial charge in [0.15, 0.2) is 0 Å². The molecule has 6 rings (SSSR count). The number of rotatable bonds is 6. The molecule has 7 nitrogen and oxygen atoms in total. The maximum atomic E-state index is 14.2. The summed E-state index contributed by atoms with van der Waals surface area (Å²) in [6.07, 6.45) is 3.80. The number of urea groups is 1. The Morgan fingerprint density at radius 2 is 1.74 bits per heavy atom. The Morgan fingerprint density at radius 1 is 0.974 bits per heavy atom. The van der Waals surface area contributed by atoms with E-state index >= 15 is 0 Å². The zero-order valence-electron chi connectivity index (χ0n) is 20.9. The highest BCUT2D eigenvalue weighted by Gasteiger charge is 2.40. The smallest absolute Gasteiger partial charge is 0.322 e. The number of benzene rings is 3. The largest absolute Gasteiger partial charge is 0.497 e. The van der Waals surface area contributed by atoms with Crippen molar-refractivity contribution >= 4 is 39.2 Å². The predicted molar refractivity (Wildman–Crippen MR) is 151 cm³/mol. The summed E-state index contributed by atoms with van der Waals surface area (Å²) in [6.45, 7) is -0.0216. The number of carbonyl (C=O) groups is 2. The second-order valence-corrected chi connectivity index (χ2v) is 10.4. The van der Waals surface area contributed by atoms with E-state index in [1.165, 1.54) is 0 Å². The molecule has 3 aromatic carbocycles. The number of nitrogens with one attached hydrogen (secondary N) is 1. The van der Waals surface area contributed by atoms with E-state index in [2.05, 4.69) is 25.8 Å². The van der Waals surface area contributed by atoms with Crippen molar-refractivity contribution < 1.29 is 14.3 Å². The van der Waals surface area contributed by atoms with E-state index < -0.39 is 0 Å². The molecule has 8 heteroatoms. The number of fused-ring (bicyclic) bond motifs is 3. The average molecular weight is 571 g/mol. The third kappa shape index (κ3) is 4.56. The van der Waals surface area contributed by atoms with Crippen LogP contribution in [0.2, 0.25) is 0 Å². The lowest BCUT2D eigenvalue weighted by Crippen LogP contribution is -2.48. The molecule has 0 bridgehead atoms. The van der Waals surface area contributed by atoms with Crippen molar-refractivity contribution in [2.75, 3.05) is 23.9 Å². The van der Waals surface area contributed by atoms with Crippen molar-refractivity contribution in [3.63, 3.8) is 0 Å². The van der Waals surface area contributed by atoms with Crippen LogP contribution in [0, 0.1) is 0 Å². The second kappa shape index (κ2) is 10.0. The van der Waals surface area contributed by atoms with E-state index in [4.69, 9.17) is 4.74 Å². The molecule has 2 aliphatic rings. The maximum absolute atomic E-state index is 14.2. The summed E-state index contributed by atoms with van der Waals surface area (Å²) in [5, 5.41) is 2.97. The van der Waals surface area contributed by atoms with Gasteiger partial charge in [-0.3, -0.25) is 9.69 Å². The summed E-state index contributed by atoms with van der Waals surface area (Å²) >= 11 is 3.45. The van der Waals surface area contributed by atoms with E-state index in [1.54, 1.807) is 12.0 Å². The molecule has 0 saturated heterocycles. The zero-order chi connectivity index (χ0) is 26.2. The molecule has 1 aliphatic carbocycles. The van der Waals surface area contributed by atoms with Crippen LogP contribution < -0.4 is 15.0 Å². The van der Waals surface area contributed by atoms with E-state index in [1.807, 2.05) is 96.0 Å². The zero-order valence-corrected chi connectivity index (χ0v) is 22.5. The molecule has 1 aliphatic heterocycles. The topological polar surface area (TPSA) is 66.8 Å². The minimum atomic E-state index is -0.354. The van der Waals surface area contributed by atoms with Gasteiger partial charge in [0.1, 0.15) is 18.3 Å². The van der Waals surface area contributed by atoms with Crippen LogP contribution in [-0.4, -0.2) is 41.1 Å². The normalized spacial score (nSPS) is 15.8. The first-order valence-corrected chi connectivity index (χ1v) is 13.4. The Kier molecular flexibility index (Phi) is 6.41. The number of aromatic nitrogens is 1. The first kappa shape index (κ1) is 24.3. The summed E-state index contributed by atoms with van der Waals surface area (Å²) in [5.74, 6) is 0.615. The fourth-order valence-electron chi connectivity index (χ4n) is 5.10. The molecule has 2 heterocycles. The summed E-state index contributed by atoms with van der Waals surface area (Å²) in [7, 11) is 1.64. The highest BCUT2D eigenvalue weighted by Crippen LogP contribution is 2.43. The summed E-state index contributed by atoms with van der Waals surface area (Å²) in [6, 6.07) is 26.6. The molecule has 192 valence electrons. The quantitative estimate of drug-likeness (QED) is 0.292. The van der Waals surface area contributed by atoms with Crippen LogP contribution in [0.1, 0.15) is 30.1 Å². The molecule has 38 heavy (non-hydrogen) atoms. The Morgan fingerprint density at radius 3 is 2.45 bits per heavy atom. The summed E-state index contributed by atoms with van der Waals surface area (Å²) in [4.78, 5) is 31.1. The molecule has 1 aromatic heterocycles. The molecule has 4 aromatic rings. The van der Waals surface area contributed by atoms with Crippen molar-refractivity contribution in [3.8, 4) is 11.4 Å². The second-order valence-electron chi connectivity index (χ2n) is 9.53. The Labute approximate surface area is 229 Å². The number of carbonyl (C=O) groups excluding carboxylic acids is 2. The SMILES string of the molecule is COc1ccc(C2c3cccn3-c3ccccc3N2C(=O)CN(C(=O)Nc2cccc(Br)c2)C2CC2)cc1. The monoisotopic (exact) mass is 570 g/mol. The standard InChI is InChI=1S/C30H27BrN4O3/c1-38-24-15-11-20(12-16-24)29-27-10-5-17-33(27)25-8-2-3-9-26(25)35(29)28(36)19-34(23-13-14-23)30(37)32-22-7-4-6-21(31)18-22/h2-12,15-18,23,29H,13-14,19H2,1H3,(H,32,37). The number of para-hydroxylation sites is 2. The molecule has 1 fully saturated rings. The van der Waals surface area contributed by atoms with Crippen LogP contribution in [0.4, 0.5) is 16.2 Å². The Balaban J connectivity index is 1.36. The highest BCUT2D eigenvalue weighted by atomic mass is 79.9. The van der Waals surface area contributed by atoms with Crippen molar-refractivity contribution in [2.45, 2.75) is 24.9 Å². The van der Waals surface area contributed by atoms with Gasteiger partial charge in [0.25, 0.3) is 0 Å². The molecule has 1 atom stereocenters. The Hall–Kier alpha value is -4.04. The van der Waals surface area contributed by atoms with Gasteiger partial charge in [0.05, 0.1) is 24.2 Å². The fraction of sp³-hybridized carbons (Fsp3) is 0.200. The van der Waals surface area contributed by atoms with E-state index in [-0.39, 0.29) is 30.6 Å². The minimum Gasteiger partial charge on any atom is -0.497 e. The Bertz CT molecular complexity index is 1500. The van der Waals surface area contributed by atoms with E-state index in [0.29, 0.717) is 5.69 Å². The maximum Gasteiger partial charge on any atom is 0.322 e. The fourth-order valence-corrected chi connectivity index (χ4v) is 5.50. The van der Waals surface area contributed by atoms with Gasteiger partial charge >= 0.3 is 6.03 Å². The van der Waals surface area contributed by atoms with E-state index in [9.17, 15) is 9.59 Å². The van der Waals surface area contributed by atoms with Gasteiger partial charge < -0.3 is 19.5 Å². The number of methoxy groups -OCH3 is 1. The van der Waals surface area contributed by atoms with Crippen LogP contribution in [0.5, 0.6) is 5.75 Å².